The van der Waals surface area contributed by atoms with Crippen LogP contribution in [0.1, 0.15) is 12.5 Å². The van der Waals surface area contributed by atoms with E-state index in [2.05, 4.69) is 10.6 Å². The standard InChI is InChI=1S/C22H20F2N2O2/c1-22(28,14-25-21(27)26-20-18(23)8-5-9-19(20)24)17-12-10-16(11-13-17)15-6-3-2-4-7-15/h2-13,28H,14H2,1H3,(H2,25,26,27)/t22-/m0/s1. The van der Waals surface area contributed by atoms with Gasteiger partial charge in [0.1, 0.15) is 22.9 Å². The van der Waals surface area contributed by atoms with Crippen molar-refractivity contribution in [3.63, 3.8) is 0 Å². The highest BCUT2D eigenvalue weighted by atomic mass is 19.1. The number of halogens is 2. The number of urea groups is 1. The fraction of sp³-hybridized carbons (Fsp3) is 0.136. The van der Waals surface area contributed by atoms with Crippen LogP contribution in [0.2, 0.25) is 0 Å². The van der Waals surface area contributed by atoms with E-state index in [4.69, 9.17) is 0 Å². The smallest absolute Gasteiger partial charge is 0.319 e. The molecule has 0 saturated heterocycles. The Labute approximate surface area is 161 Å². The van der Waals surface area contributed by atoms with Crippen LogP contribution < -0.4 is 10.6 Å². The Morgan fingerprint density at radius 3 is 2.07 bits per heavy atom. The highest BCUT2D eigenvalue weighted by molar-refractivity contribution is 5.89. The number of aliphatic hydroxyl groups is 1. The molecular weight excluding hydrogens is 362 g/mol. The van der Waals surface area contributed by atoms with E-state index in [0.29, 0.717) is 5.56 Å². The van der Waals surface area contributed by atoms with Crippen LogP contribution in [0.4, 0.5) is 19.3 Å². The van der Waals surface area contributed by atoms with E-state index in [1.165, 1.54) is 6.07 Å². The zero-order chi connectivity index (χ0) is 20.1. The molecule has 0 fully saturated rings. The SMILES string of the molecule is C[C@](O)(CNC(=O)Nc1c(F)cccc1F)c1ccc(-c2ccccc2)cc1. The first kappa shape index (κ1) is 19.5. The minimum Gasteiger partial charge on any atom is -0.384 e. The molecule has 4 nitrogen and oxygen atoms in total. The lowest BCUT2D eigenvalue weighted by molar-refractivity contribution is 0.0600. The average molecular weight is 382 g/mol. The second-order valence-corrected chi connectivity index (χ2v) is 6.62. The molecule has 6 heteroatoms. The van der Waals surface area contributed by atoms with Crippen LogP contribution in [0.3, 0.4) is 0 Å². The summed E-state index contributed by atoms with van der Waals surface area (Å²) >= 11 is 0. The minimum atomic E-state index is -1.36. The molecule has 0 radical (unpaired) electrons. The van der Waals surface area contributed by atoms with Crippen LogP contribution in [-0.2, 0) is 5.60 Å². The zero-order valence-corrected chi connectivity index (χ0v) is 15.2. The van der Waals surface area contributed by atoms with E-state index in [9.17, 15) is 18.7 Å². The number of anilines is 1. The highest BCUT2D eigenvalue weighted by Gasteiger charge is 2.24. The number of amides is 2. The predicted octanol–water partition coefficient (Wildman–Crippen LogP) is 4.66. The Bertz CT molecular complexity index is 938. The van der Waals surface area contributed by atoms with Gasteiger partial charge in [0.25, 0.3) is 0 Å². The summed E-state index contributed by atoms with van der Waals surface area (Å²) < 4.78 is 27.2. The van der Waals surface area contributed by atoms with Crippen LogP contribution in [0.5, 0.6) is 0 Å². The second-order valence-electron chi connectivity index (χ2n) is 6.62. The fourth-order valence-electron chi connectivity index (χ4n) is 2.78. The van der Waals surface area contributed by atoms with Crippen LogP contribution in [0.15, 0.2) is 72.8 Å². The molecule has 3 aromatic rings. The van der Waals surface area contributed by atoms with E-state index in [1.807, 2.05) is 42.5 Å². The monoisotopic (exact) mass is 382 g/mol. The van der Waals surface area contributed by atoms with Gasteiger partial charge in [-0.1, -0.05) is 60.7 Å². The number of nitrogens with one attached hydrogen (secondary N) is 2. The fourth-order valence-corrected chi connectivity index (χ4v) is 2.78. The number of benzene rings is 3. The first-order valence-electron chi connectivity index (χ1n) is 8.74. The van der Waals surface area contributed by atoms with Gasteiger partial charge in [0, 0.05) is 0 Å². The maximum absolute atomic E-state index is 13.6. The summed E-state index contributed by atoms with van der Waals surface area (Å²) in [7, 11) is 0. The number of carbonyl (C=O) groups excluding carboxylic acids is 1. The van der Waals surface area contributed by atoms with Crippen LogP contribution >= 0.6 is 0 Å². The maximum Gasteiger partial charge on any atom is 0.319 e. The molecule has 0 saturated carbocycles. The average Bonchev–Trinajstić information content (AvgIpc) is 2.70. The first-order valence-corrected chi connectivity index (χ1v) is 8.74. The Kier molecular flexibility index (Phi) is 5.70. The number of carbonyl (C=O) groups is 1. The van der Waals surface area contributed by atoms with Crippen LogP contribution in [0.25, 0.3) is 11.1 Å². The molecule has 0 aromatic heterocycles. The molecule has 0 unspecified atom stereocenters. The van der Waals surface area contributed by atoms with Gasteiger partial charge in [-0.2, -0.15) is 0 Å². The first-order chi connectivity index (χ1) is 13.4. The Hall–Kier alpha value is -3.25. The van der Waals surface area contributed by atoms with Crippen molar-refractivity contribution >= 4 is 11.7 Å². The topological polar surface area (TPSA) is 61.4 Å². The summed E-state index contributed by atoms with van der Waals surface area (Å²) in [5.41, 5.74) is 0.760. The lowest BCUT2D eigenvalue weighted by Gasteiger charge is -2.24. The van der Waals surface area contributed by atoms with Crippen molar-refractivity contribution in [3.05, 3.63) is 90.0 Å². The van der Waals surface area contributed by atoms with Gasteiger partial charge in [0.05, 0.1) is 6.54 Å². The Morgan fingerprint density at radius 1 is 0.893 bits per heavy atom. The molecule has 144 valence electrons. The summed E-state index contributed by atoms with van der Waals surface area (Å²) in [5.74, 6) is -1.75. The summed E-state index contributed by atoms with van der Waals surface area (Å²) in [5, 5.41) is 15.2. The van der Waals surface area contributed by atoms with Crippen molar-refractivity contribution in [2.45, 2.75) is 12.5 Å². The van der Waals surface area contributed by atoms with Crippen molar-refractivity contribution in [1.29, 1.82) is 0 Å². The highest BCUT2D eigenvalue weighted by Crippen LogP contribution is 2.25. The number of para-hydroxylation sites is 1. The van der Waals surface area contributed by atoms with Gasteiger partial charge in [-0.05, 0) is 35.7 Å². The van der Waals surface area contributed by atoms with Crippen molar-refractivity contribution in [2.24, 2.45) is 0 Å². The molecular formula is C22H20F2N2O2. The van der Waals surface area contributed by atoms with Crippen molar-refractivity contribution in [1.82, 2.24) is 5.32 Å². The Balaban J connectivity index is 1.64. The molecule has 2 amide bonds. The zero-order valence-electron chi connectivity index (χ0n) is 15.2. The van der Waals surface area contributed by atoms with Gasteiger partial charge in [-0.25, -0.2) is 13.6 Å². The largest absolute Gasteiger partial charge is 0.384 e. The summed E-state index contributed by atoms with van der Waals surface area (Å²) in [6.07, 6.45) is 0. The van der Waals surface area contributed by atoms with E-state index in [-0.39, 0.29) is 6.54 Å². The summed E-state index contributed by atoms with van der Waals surface area (Å²) in [6.45, 7) is 1.41. The van der Waals surface area contributed by atoms with Gasteiger partial charge < -0.3 is 15.7 Å². The van der Waals surface area contributed by atoms with Gasteiger partial charge in [-0.15, -0.1) is 0 Å². The van der Waals surface area contributed by atoms with Crippen molar-refractivity contribution < 1.29 is 18.7 Å². The van der Waals surface area contributed by atoms with Crippen molar-refractivity contribution in [2.75, 3.05) is 11.9 Å². The molecule has 1 atom stereocenters. The molecule has 0 aliphatic rings. The molecule has 3 rings (SSSR count). The molecule has 0 heterocycles. The van der Waals surface area contributed by atoms with E-state index in [0.717, 1.165) is 23.3 Å². The minimum absolute atomic E-state index is 0.139. The normalized spacial score (nSPS) is 12.9. The number of hydrogen-bond donors (Lipinski definition) is 3. The van der Waals surface area contributed by atoms with Crippen LogP contribution in [0, 0.1) is 11.6 Å². The molecule has 28 heavy (non-hydrogen) atoms. The van der Waals surface area contributed by atoms with E-state index < -0.39 is 29.0 Å². The molecule has 0 bridgehead atoms. The van der Waals surface area contributed by atoms with E-state index >= 15 is 0 Å². The van der Waals surface area contributed by atoms with Gasteiger partial charge >= 0.3 is 6.03 Å². The van der Waals surface area contributed by atoms with E-state index in [1.54, 1.807) is 19.1 Å². The number of hydrogen-bond acceptors (Lipinski definition) is 2. The third kappa shape index (κ3) is 4.53. The molecule has 0 aliphatic heterocycles. The van der Waals surface area contributed by atoms with Gasteiger partial charge in [0.15, 0.2) is 0 Å². The third-order valence-corrected chi connectivity index (χ3v) is 4.41. The Morgan fingerprint density at radius 2 is 1.46 bits per heavy atom. The predicted molar refractivity (Wildman–Crippen MR) is 105 cm³/mol. The number of rotatable bonds is 5. The van der Waals surface area contributed by atoms with Gasteiger partial charge in [0.2, 0.25) is 0 Å². The molecule has 3 aromatic carbocycles. The van der Waals surface area contributed by atoms with Gasteiger partial charge in [-0.3, -0.25) is 0 Å². The molecule has 0 spiro atoms. The quantitative estimate of drug-likeness (QED) is 0.601. The second kappa shape index (κ2) is 8.19. The maximum atomic E-state index is 13.6. The summed E-state index contributed by atoms with van der Waals surface area (Å²) in [4.78, 5) is 12.0. The molecule has 0 aliphatic carbocycles. The third-order valence-electron chi connectivity index (χ3n) is 4.41. The molecule has 3 N–H and O–H groups in total. The lowest BCUT2D eigenvalue weighted by atomic mass is 9.94. The van der Waals surface area contributed by atoms with Crippen LogP contribution in [-0.4, -0.2) is 17.7 Å². The lowest BCUT2D eigenvalue weighted by Crippen LogP contribution is -2.40. The van der Waals surface area contributed by atoms with Crippen molar-refractivity contribution in [3.8, 4) is 11.1 Å². The summed E-state index contributed by atoms with van der Waals surface area (Å²) in [6, 6.07) is 19.6.